The molecule has 0 N–H and O–H groups in total. The first-order valence-electron chi connectivity index (χ1n) is 5.29. The van der Waals surface area contributed by atoms with Gasteiger partial charge in [0.15, 0.2) is 0 Å². The zero-order chi connectivity index (χ0) is 14.0. The van der Waals surface area contributed by atoms with Gasteiger partial charge in [-0.25, -0.2) is 4.39 Å². The van der Waals surface area contributed by atoms with Crippen molar-refractivity contribution in [1.29, 1.82) is 5.26 Å². The molecule has 5 heteroatoms. The van der Waals surface area contributed by atoms with Crippen LogP contribution in [-0.4, -0.2) is 0 Å². The maximum Gasteiger partial charge on any atom is 0.417 e. The summed E-state index contributed by atoms with van der Waals surface area (Å²) < 4.78 is 51.9. The van der Waals surface area contributed by atoms with Crippen molar-refractivity contribution in [3.8, 4) is 17.2 Å². The van der Waals surface area contributed by atoms with Crippen molar-refractivity contribution < 1.29 is 17.6 Å². The van der Waals surface area contributed by atoms with E-state index >= 15 is 0 Å². The second-order valence-corrected chi connectivity index (χ2v) is 3.88. The van der Waals surface area contributed by atoms with Crippen molar-refractivity contribution in [3.05, 3.63) is 59.4 Å². The lowest BCUT2D eigenvalue weighted by Crippen LogP contribution is -2.07. The highest BCUT2D eigenvalue weighted by Crippen LogP contribution is 2.37. The largest absolute Gasteiger partial charge is 0.417 e. The predicted molar refractivity (Wildman–Crippen MR) is 61.6 cm³/mol. The molecule has 0 bridgehead atoms. The highest BCUT2D eigenvalue weighted by molar-refractivity contribution is 5.69. The third-order valence-corrected chi connectivity index (χ3v) is 2.59. The molecule has 0 heterocycles. The van der Waals surface area contributed by atoms with Gasteiger partial charge in [0.1, 0.15) is 5.82 Å². The monoisotopic (exact) mass is 265 g/mol. The molecule has 2 aromatic carbocycles. The topological polar surface area (TPSA) is 23.8 Å². The number of nitriles is 1. The Hall–Kier alpha value is -2.35. The number of halogens is 4. The van der Waals surface area contributed by atoms with Crippen molar-refractivity contribution >= 4 is 0 Å². The Balaban J connectivity index is 2.67. The second kappa shape index (κ2) is 4.73. The molecular formula is C14H7F4N. The molecule has 0 aromatic heterocycles. The molecule has 0 aliphatic heterocycles. The smallest absolute Gasteiger partial charge is 0.207 e. The molecule has 0 amide bonds. The van der Waals surface area contributed by atoms with E-state index < -0.39 is 17.6 Å². The number of alkyl halides is 3. The lowest BCUT2D eigenvalue weighted by Gasteiger charge is -2.13. The van der Waals surface area contributed by atoms with Crippen molar-refractivity contribution in [3.63, 3.8) is 0 Å². The maximum absolute atomic E-state index is 13.1. The van der Waals surface area contributed by atoms with Crippen molar-refractivity contribution in [2.45, 2.75) is 6.18 Å². The van der Waals surface area contributed by atoms with Gasteiger partial charge in [0.2, 0.25) is 0 Å². The van der Waals surface area contributed by atoms with Gasteiger partial charge in [0.25, 0.3) is 0 Å². The minimum atomic E-state index is -4.60. The van der Waals surface area contributed by atoms with Gasteiger partial charge >= 0.3 is 6.18 Å². The number of hydrogen-bond acceptors (Lipinski definition) is 1. The Kier molecular flexibility index (Phi) is 3.26. The summed E-state index contributed by atoms with van der Waals surface area (Å²) in [4.78, 5) is 0. The van der Waals surface area contributed by atoms with E-state index in [4.69, 9.17) is 5.26 Å². The SMILES string of the molecule is N#Cc1ccc(-c2cccc(F)c2)c(C(F)(F)F)c1. The van der Waals surface area contributed by atoms with E-state index in [-0.39, 0.29) is 16.7 Å². The van der Waals surface area contributed by atoms with E-state index in [0.717, 1.165) is 18.2 Å². The van der Waals surface area contributed by atoms with Crippen LogP contribution in [0.4, 0.5) is 17.6 Å². The first kappa shape index (κ1) is 13.1. The van der Waals surface area contributed by atoms with Crippen LogP contribution in [0.1, 0.15) is 11.1 Å². The molecule has 1 nitrogen and oxygen atoms in total. The minimum Gasteiger partial charge on any atom is -0.207 e. The predicted octanol–water partition coefficient (Wildman–Crippen LogP) is 4.38. The molecular weight excluding hydrogens is 258 g/mol. The van der Waals surface area contributed by atoms with Crippen LogP contribution in [0.5, 0.6) is 0 Å². The van der Waals surface area contributed by atoms with Crippen molar-refractivity contribution in [2.75, 3.05) is 0 Å². The summed E-state index contributed by atoms with van der Waals surface area (Å²) in [6.45, 7) is 0. The average molecular weight is 265 g/mol. The molecule has 96 valence electrons. The maximum atomic E-state index is 13.1. The molecule has 0 saturated carbocycles. The molecule has 0 fully saturated rings. The molecule has 0 aliphatic carbocycles. The minimum absolute atomic E-state index is 0.0903. The summed E-state index contributed by atoms with van der Waals surface area (Å²) in [5.41, 5.74) is -1.06. The molecule has 2 rings (SSSR count). The van der Waals surface area contributed by atoms with Crippen LogP contribution < -0.4 is 0 Å². The van der Waals surface area contributed by atoms with Gasteiger partial charge in [-0.2, -0.15) is 18.4 Å². The summed E-state index contributed by atoms with van der Waals surface area (Å²) in [5, 5.41) is 8.66. The summed E-state index contributed by atoms with van der Waals surface area (Å²) in [7, 11) is 0. The Morgan fingerprint density at radius 1 is 1.00 bits per heavy atom. The van der Waals surface area contributed by atoms with Gasteiger partial charge in [0, 0.05) is 0 Å². The average Bonchev–Trinajstić information content (AvgIpc) is 2.37. The molecule has 0 aliphatic rings. The summed E-state index contributed by atoms with van der Waals surface area (Å²) >= 11 is 0. The summed E-state index contributed by atoms with van der Waals surface area (Å²) in [5.74, 6) is -0.616. The molecule has 0 saturated heterocycles. The fourth-order valence-electron chi connectivity index (χ4n) is 1.76. The zero-order valence-corrected chi connectivity index (χ0v) is 9.50. The van der Waals surface area contributed by atoms with E-state index in [2.05, 4.69) is 0 Å². The van der Waals surface area contributed by atoms with Gasteiger partial charge in [-0.1, -0.05) is 18.2 Å². The Morgan fingerprint density at radius 2 is 1.74 bits per heavy atom. The molecule has 0 radical (unpaired) electrons. The summed E-state index contributed by atoms with van der Waals surface area (Å²) in [6.07, 6.45) is -4.60. The second-order valence-electron chi connectivity index (χ2n) is 3.88. The van der Waals surface area contributed by atoms with E-state index in [1.807, 2.05) is 0 Å². The van der Waals surface area contributed by atoms with Gasteiger partial charge in [-0.3, -0.25) is 0 Å². The van der Waals surface area contributed by atoms with Crippen LogP contribution >= 0.6 is 0 Å². The van der Waals surface area contributed by atoms with Crippen LogP contribution in [0, 0.1) is 17.1 Å². The number of hydrogen-bond donors (Lipinski definition) is 0. The molecule has 0 atom stereocenters. The lowest BCUT2D eigenvalue weighted by molar-refractivity contribution is -0.137. The first-order valence-corrected chi connectivity index (χ1v) is 5.29. The Labute approximate surface area is 106 Å². The van der Waals surface area contributed by atoms with E-state index in [9.17, 15) is 17.6 Å². The van der Waals surface area contributed by atoms with E-state index in [1.165, 1.54) is 24.3 Å². The van der Waals surface area contributed by atoms with E-state index in [1.54, 1.807) is 6.07 Å². The van der Waals surface area contributed by atoms with Gasteiger partial charge < -0.3 is 0 Å². The van der Waals surface area contributed by atoms with E-state index in [0.29, 0.717) is 0 Å². The van der Waals surface area contributed by atoms with Crippen molar-refractivity contribution in [2.24, 2.45) is 0 Å². The number of rotatable bonds is 1. The third-order valence-electron chi connectivity index (χ3n) is 2.59. The molecule has 19 heavy (non-hydrogen) atoms. The molecule has 2 aromatic rings. The third kappa shape index (κ3) is 2.74. The first-order chi connectivity index (χ1) is 8.91. The molecule has 0 spiro atoms. The summed E-state index contributed by atoms with van der Waals surface area (Å²) in [6, 6.07) is 9.77. The normalized spacial score (nSPS) is 11.1. The Bertz CT molecular complexity index is 653. The van der Waals surface area contributed by atoms with Crippen LogP contribution in [0.3, 0.4) is 0 Å². The van der Waals surface area contributed by atoms with Crippen LogP contribution in [0.15, 0.2) is 42.5 Å². The van der Waals surface area contributed by atoms with Crippen LogP contribution in [0.2, 0.25) is 0 Å². The number of nitrogens with zero attached hydrogens (tertiary/aromatic N) is 1. The Morgan fingerprint density at radius 3 is 2.32 bits per heavy atom. The van der Waals surface area contributed by atoms with Crippen molar-refractivity contribution in [1.82, 2.24) is 0 Å². The highest BCUT2D eigenvalue weighted by atomic mass is 19.4. The van der Waals surface area contributed by atoms with Gasteiger partial charge in [0.05, 0.1) is 17.2 Å². The number of benzene rings is 2. The fraction of sp³-hybridized carbons (Fsp3) is 0.0714. The van der Waals surface area contributed by atoms with Crippen LogP contribution in [-0.2, 0) is 6.18 Å². The quantitative estimate of drug-likeness (QED) is 0.702. The van der Waals surface area contributed by atoms with Gasteiger partial charge in [-0.05, 0) is 35.4 Å². The molecule has 0 unspecified atom stereocenters. The van der Waals surface area contributed by atoms with Crippen LogP contribution in [0.25, 0.3) is 11.1 Å². The lowest BCUT2D eigenvalue weighted by atomic mass is 9.97. The highest BCUT2D eigenvalue weighted by Gasteiger charge is 2.34. The standard InChI is InChI=1S/C14H7F4N/c15-11-3-1-2-10(7-11)12-5-4-9(8-19)6-13(12)14(16,17)18/h1-7H. The zero-order valence-electron chi connectivity index (χ0n) is 9.50. The van der Waals surface area contributed by atoms with Gasteiger partial charge in [-0.15, -0.1) is 0 Å². The fourth-order valence-corrected chi connectivity index (χ4v) is 1.76.